The van der Waals surface area contributed by atoms with E-state index in [1.807, 2.05) is 23.0 Å². The lowest BCUT2D eigenvalue weighted by Gasteiger charge is -2.17. The summed E-state index contributed by atoms with van der Waals surface area (Å²) in [4.78, 5) is 31.8. The van der Waals surface area contributed by atoms with Crippen molar-refractivity contribution in [2.45, 2.75) is 13.0 Å². The highest BCUT2D eigenvalue weighted by molar-refractivity contribution is 7.22. The molecule has 3 aromatic heterocycles. The highest BCUT2D eigenvalue weighted by Crippen LogP contribution is 2.39. The van der Waals surface area contributed by atoms with Gasteiger partial charge in [-0.05, 0) is 30.3 Å². The van der Waals surface area contributed by atoms with Gasteiger partial charge in [0.25, 0.3) is 0 Å². The smallest absolute Gasteiger partial charge is 0.236 e. The summed E-state index contributed by atoms with van der Waals surface area (Å²) in [5.41, 5.74) is 2.56. The summed E-state index contributed by atoms with van der Waals surface area (Å²) in [5.74, 6) is -1.14. The van der Waals surface area contributed by atoms with Crippen molar-refractivity contribution in [1.29, 1.82) is 0 Å². The van der Waals surface area contributed by atoms with Crippen LogP contribution in [0, 0.1) is 5.82 Å². The number of thiophene rings is 1. The third-order valence-corrected chi connectivity index (χ3v) is 7.75. The minimum absolute atomic E-state index is 0.00544. The quantitative estimate of drug-likeness (QED) is 0.139. The molecule has 3 heterocycles. The molecule has 2 N–H and O–H groups in total. The van der Waals surface area contributed by atoms with Crippen LogP contribution in [-0.2, 0) is 20.9 Å². The number of anilines is 2. The van der Waals surface area contributed by atoms with Gasteiger partial charge in [0.15, 0.2) is 11.6 Å². The maximum Gasteiger partial charge on any atom is 0.236 e. The van der Waals surface area contributed by atoms with Crippen molar-refractivity contribution in [2.24, 2.45) is 0 Å². The summed E-state index contributed by atoms with van der Waals surface area (Å²) in [6.45, 7) is 2.93. The van der Waals surface area contributed by atoms with Crippen LogP contribution in [0.4, 0.5) is 15.8 Å². The predicted octanol–water partition coefficient (Wildman–Crippen LogP) is 5.32. The Labute approximate surface area is 252 Å². The van der Waals surface area contributed by atoms with Crippen molar-refractivity contribution in [3.63, 3.8) is 0 Å². The van der Waals surface area contributed by atoms with Gasteiger partial charge in [0.2, 0.25) is 11.8 Å². The van der Waals surface area contributed by atoms with E-state index in [-0.39, 0.29) is 23.8 Å². The number of ether oxygens (including phenoxy) is 2. The van der Waals surface area contributed by atoms with E-state index in [9.17, 15) is 9.59 Å². The van der Waals surface area contributed by atoms with E-state index >= 15 is 4.39 Å². The van der Waals surface area contributed by atoms with Crippen LogP contribution >= 0.6 is 11.3 Å². The maximum atomic E-state index is 15.1. The van der Waals surface area contributed by atoms with Gasteiger partial charge in [-0.3, -0.25) is 19.3 Å². The van der Waals surface area contributed by atoms with Gasteiger partial charge in [-0.1, -0.05) is 18.2 Å². The number of amides is 2. The Hall–Kier alpha value is -4.65. The van der Waals surface area contributed by atoms with E-state index in [4.69, 9.17) is 9.47 Å². The number of carbonyl (C=O) groups excluding carboxylic acids is 2. The highest BCUT2D eigenvalue weighted by Gasteiger charge is 2.17. The van der Waals surface area contributed by atoms with Gasteiger partial charge >= 0.3 is 0 Å². The lowest BCUT2D eigenvalue weighted by molar-refractivity contribution is -0.125. The second-order valence-corrected chi connectivity index (χ2v) is 10.7. The molecule has 5 rings (SSSR count). The molecule has 0 atom stereocenters. The standard InChI is InChI=1S/C31H31FN6O4S/c1-37(23-6-4-3-5-7-23)30(40)18-29(39)36-22-8-9-26(24(32)16-22)42-27-10-11-34-25-17-28(43-31(25)27)21-19-35-38(20-21)14-12-33-13-15-41-2/h3-11,16-17,19-20,33H,12-15,18H2,1-2H3,(H,36,39). The molecule has 0 saturated heterocycles. The number of pyridine rings is 1. The predicted molar refractivity (Wildman–Crippen MR) is 165 cm³/mol. The molecule has 0 saturated carbocycles. The number of fused-ring (bicyclic) bond motifs is 1. The molecule has 0 aliphatic carbocycles. The number of para-hydroxylation sites is 1. The van der Waals surface area contributed by atoms with Gasteiger partial charge in [-0.2, -0.15) is 5.10 Å². The van der Waals surface area contributed by atoms with Crippen LogP contribution < -0.4 is 20.3 Å². The Morgan fingerprint density at radius 3 is 2.70 bits per heavy atom. The number of nitrogens with one attached hydrogen (secondary N) is 2. The molecule has 43 heavy (non-hydrogen) atoms. The van der Waals surface area contributed by atoms with Gasteiger partial charge in [-0.25, -0.2) is 4.39 Å². The number of nitrogens with zero attached hydrogens (tertiary/aromatic N) is 4. The Morgan fingerprint density at radius 2 is 1.91 bits per heavy atom. The molecule has 0 aliphatic rings. The summed E-state index contributed by atoms with van der Waals surface area (Å²) >= 11 is 1.48. The van der Waals surface area contributed by atoms with E-state index in [1.165, 1.54) is 28.4 Å². The topological polar surface area (TPSA) is 111 Å². The van der Waals surface area contributed by atoms with E-state index in [0.717, 1.165) is 46.4 Å². The Morgan fingerprint density at radius 1 is 1.07 bits per heavy atom. The van der Waals surface area contributed by atoms with E-state index in [1.54, 1.807) is 56.9 Å². The molecule has 0 fully saturated rings. The third kappa shape index (κ3) is 7.60. The molecule has 12 heteroatoms. The first kappa shape index (κ1) is 29.8. The van der Waals surface area contributed by atoms with Gasteiger partial charge in [0, 0.05) is 73.6 Å². The molecule has 5 aromatic rings. The molecule has 0 bridgehead atoms. The summed E-state index contributed by atoms with van der Waals surface area (Å²) < 4.78 is 28.7. The van der Waals surface area contributed by atoms with Crippen LogP contribution in [0.5, 0.6) is 11.5 Å². The number of carbonyl (C=O) groups is 2. The zero-order chi connectivity index (χ0) is 30.2. The van der Waals surface area contributed by atoms with Crippen LogP contribution in [0.25, 0.3) is 20.7 Å². The number of aromatic nitrogens is 3. The number of benzene rings is 2. The SMILES string of the molecule is COCCNCCn1cc(-c2cc3nccc(Oc4ccc(NC(=O)CC(=O)N(C)c5ccccc5)cc4F)c3s2)cn1. The fourth-order valence-corrected chi connectivity index (χ4v) is 5.32. The fraction of sp³-hybridized carbons (Fsp3) is 0.226. The van der Waals surface area contributed by atoms with E-state index in [2.05, 4.69) is 20.7 Å². The highest BCUT2D eigenvalue weighted by atomic mass is 32.1. The zero-order valence-corrected chi connectivity index (χ0v) is 24.6. The first-order valence-electron chi connectivity index (χ1n) is 13.6. The second-order valence-electron chi connectivity index (χ2n) is 9.63. The van der Waals surface area contributed by atoms with Crippen molar-refractivity contribution in [1.82, 2.24) is 20.1 Å². The number of halogens is 1. The van der Waals surface area contributed by atoms with E-state index in [0.29, 0.717) is 18.0 Å². The summed E-state index contributed by atoms with van der Waals surface area (Å²) in [6, 6.07) is 16.8. The lowest BCUT2D eigenvalue weighted by Crippen LogP contribution is -2.30. The normalized spacial score (nSPS) is 11.0. The average molecular weight is 603 g/mol. The summed E-state index contributed by atoms with van der Waals surface area (Å²) in [7, 11) is 3.27. The minimum Gasteiger partial charge on any atom is -0.453 e. The van der Waals surface area contributed by atoms with Crippen LogP contribution in [0.3, 0.4) is 0 Å². The minimum atomic E-state index is -0.660. The molecule has 0 unspecified atom stereocenters. The average Bonchev–Trinajstić information content (AvgIpc) is 3.66. The summed E-state index contributed by atoms with van der Waals surface area (Å²) in [5, 5.41) is 10.3. The first-order chi connectivity index (χ1) is 20.9. The number of rotatable bonds is 13. The molecular weight excluding hydrogens is 571 g/mol. The molecule has 2 aromatic carbocycles. The van der Waals surface area contributed by atoms with Gasteiger partial charge in [0.1, 0.15) is 12.2 Å². The fourth-order valence-electron chi connectivity index (χ4n) is 4.28. The van der Waals surface area contributed by atoms with Gasteiger partial charge in [0.05, 0.1) is 29.6 Å². The number of hydrogen-bond acceptors (Lipinski definition) is 8. The summed E-state index contributed by atoms with van der Waals surface area (Å²) in [6.07, 6.45) is 5.01. The molecular formula is C31H31FN6O4S. The molecule has 0 aliphatic heterocycles. The number of hydrogen-bond donors (Lipinski definition) is 2. The molecule has 0 radical (unpaired) electrons. The largest absolute Gasteiger partial charge is 0.453 e. The lowest BCUT2D eigenvalue weighted by atomic mass is 10.2. The van der Waals surface area contributed by atoms with Crippen LogP contribution in [0.15, 0.2) is 79.3 Å². The Balaban J connectivity index is 1.22. The molecule has 2 amide bonds. The zero-order valence-electron chi connectivity index (χ0n) is 23.7. The van der Waals surface area contributed by atoms with Crippen molar-refractivity contribution < 1.29 is 23.5 Å². The van der Waals surface area contributed by atoms with Crippen LogP contribution in [0.2, 0.25) is 0 Å². The maximum absolute atomic E-state index is 15.1. The molecule has 10 nitrogen and oxygen atoms in total. The van der Waals surface area contributed by atoms with E-state index < -0.39 is 11.7 Å². The van der Waals surface area contributed by atoms with Crippen molar-refractivity contribution in [2.75, 3.05) is 44.1 Å². The second kappa shape index (κ2) is 14.0. The first-order valence-corrected chi connectivity index (χ1v) is 14.4. The van der Waals surface area contributed by atoms with Gasteiger partial charge in [-0.15, -0.1) is 11.3 Å². The monoisotopic (exact) mass is 602 g/mol. The Bertz CT molecular complexity index is 1710. The van der Waals surface area contributed by atoms with Crippen molar-refractivity contribution >= 4 is 44.7 Å². The third-order valence-electron chi connectivity index (χ3n) is 6.56. The molecule has 222 valence electrons. The van der Waals surface area contributed by atoms with Crippen molar-refractivity contribution in [3.05, 3.63) is 85.1 Å². The molecule has 0 spiro atoms. The number of methoxy groups -OCH3 is 1. The Kier molecular flexibility index (Phi) is 9.72. The van der Waals surface area contributed by atoms with Gasteiger partial charge < -0.3 is 25.0 Å². The van der Waals surface area contributed by atoms with Crippen LogP contribution in [-0.4, -0.2) is 60.4 Å². The van der Waals surface area contributed by atoms with Crippen LogP contribution in [0.1, 0.15) is 6.42 Å². The van der Waals surface area contributed by atoms with Crippen molar-refractivity contribution in [3.8, 4) is 21.9 Å².